The van der Waals surface area contributed by atoms with Crippen LogP contribution < -0.4 is 5.56 Å². The molecule has 0 amide bonds. The summed E-state index contributed by atoms with van der Waals surface area (Å²) >= 11 is 0. The summed E-state index contributed by atoms with van der Waals surface area (Å²) in [5, 5.41) is 11.2. The molecule has 6 nitrogen and oxygen atoms in total. The zero-order valence-corrected chi connectivity index (χ0v) is 14.8. The van der Waals surface area contributed by atoms with Crippen molar-refractivity contribution in [3.63, 3.8) is 0 Å². The third-order valence-corrected chi connectivity index (χ3v) is 4.51. The lowest BCUT2D eigenvalue weighted by Crippen LogP contribution is -2.26. The summed E-state index contributed by atoms with van der Waals surface area (Å²) in [7, 11) is 0. The standard InChI is InChI=1S/C22H15N3O3/c23-12-13-25-20(24-19-11-4-3-9-18(19)21(25)26)14-28-22(27)17-10-5-7-15-6-1-2-8-16(15)17/h1-11H,13-14H2. The van der Waals surface area contributed by atoms with Crippen molar-refractivity contribution >= 4 is 27.6 Å². The number of esters is 1. The van der Waals surface area contributed by atoms with Crippen molar-refractivity contribution in [2.75, 3.05) is 0 Å². The highest BCUT2D eigenvalue weighted by Gasteiger charge is 2.15. The van der Waals surface area contributed by atoms with E-state index in [0.717, 1.165) is 10.8 Å². The van der Waals surface area contributed by atoms with Gasteiger partial charge in [-0.15, -0.1) is 0 Å². The van der Waals surface area contributed by atoms with Gasteiger partial charge >= 0.3 is 5.97 Å². The van der Waals surface area contributed by atoms with E-state index in [9.17, 15) is 9.59 Å². The molecule has 4 aromatic rings. The maximum Gasteiger partial charge on any atom is 0.339 e. The highest BCUT2D eigenvalue weighted by Crippen LogP contribution is 2.19. The fourth-order valence-corrected chi connectivity index (χ4v) is 3.17. The van der Waals surface area contributed by atoms with Crippen molar-refractivity contribution in [3.05, 3.63) is 88.5 Å². The van der Waals surface area contributed by atoms with Gasteiger partial charge in [-0.2, -0.15) is 5.26 Å². The first-order valence-electron chi connectivity index (χ1n) is 8.69. The first kappa shape index (κ1) is 17.4. The lowest BCUT2D eigenvalue weighted by atomic mass is 10.1. The molecular weight excluding hydrogens is 354 g/mol. The van der Waals surface area contributed by atoms with E-state index in [4.69, 9.17) is 10.00 Å². The number of aromatic nitrogens is 2. The fraction of sp³-hybridized carbons (Fsp3) is 0.0909. The molecule has 0 spiro atoms. The summed E-state index contributed by atoms with van der Waals surface area (Å²) in [6.07, 6.45) is 0. The Morgan fingerprint density at radius 2 is 1.71 bits per heavy atom. The van der Waals surface area contributed by atoms with Crippen molar-refractivity contribution in [3.8, 4) is 6.07 Å². The van der Waals surface area contributed by atoms with Gasteiger partial charge in [0, 0.05) is 0 Å². The molecule has 0 saturated heterocycles. The van der Waals surface area contributed by atoms with Crippen LogP contribution in [0.1, 0.15) is 16.2 Å². The number of hydrogen-bond donors (Lipinski definition) is 0. The van der Waals surface area contributed by atoms with E-state index in [1.54, 1.807) is 36.4 Å². The molecule has 0 bridgehead atoms. The number of carbonyl (C=O) groups is 1. The van der Waals surface area contributed by atoms with Crippen molar-refractivity contribution < 1.29 is 9.53 Å². The highest BCUT2D eigenvalue weighted by molar-refractivity contribution is 6.04. The van der Waals surface area contributed by atoms with Gasteiger partial charge in [0.15, 0.2) is 5.82 Å². The van der Waals surface area contributed by atoms with Crippen molar-refractivity contribution in [2.24, 2.45) is 0 Å². The Morgan fingerprint density at radius 1 is 1.00 bits per heavy atom. The van der Waals surface area contributed by atoms with Crippen molar-refractivity contribution in [1.29, 1.82) is 5.26 Å². The van der Waals surface area contributed by atoms with E-state index in [1.807, 2.05) is 36.4 Å². The summed E-state index contributed by atoms with van der Waals surface area (Å²) in [6, 6.07) is 21.8. The predicted octanol–water partition coefficient (Wildman–Crippen LogP) is 3.43. The summed E-state index contributed by atoms with van der Waals surface area (Å²) in [4.78, 5) is 29.7. The average Bonchev–Trinajstić information content (AvgIpc) is 2.74. The van der Waals surface area contributed by atoms with Gasteiger partial charge in [0.1, 0.15) is 13.2 Å². The van der Waals surface area contributed by atoms with E-state index in [2.05, 4.69) is 4.98 Å². The molecule has 1 aromatic heterocycles. The minimum absolute atomic E-state index is 0.169. The molecule has 0 radical (unpaired) electrons. The van der Waals surface area contributed by atoms with Crippen LogP contribution in [0.5, 0.6) is 0 Å². The van der Waals surface area contributed by atoms with Crippen LogP contribution >= 0.6 is 0 Å². The molecule has 0 saturated carbocycles. The number of nitrogens with zero attached hydrogens (tertiary/aromatic N) is 3. The smallest absolute Gasteiger partial charge is 0.339 e. The third-order valence-electron chi connectivity index (χ3n) is 4.51. The van der Waals surface area contributed by atoms with Crippen LogP contribution in [-0.2, 0) is 17.9 Å². The molecule has 0 aliphatic heterocycles. The Kier molecular flexibility index (Phi) is 4.56. The van der Waals surface area contributed by atoms with Crippen molar-refractivity contribution in [2.45, 2.75) is 13.2 Å². The second kappa shape index (κ2) is 7.33. The molecule has 0 aliphatic carbocycles. The summed E-state index contributed by atoms with van der Waals surface area (Å²) in [5.41, 5.74) is 0.606. The Balaban J connectivity index is 1.68. The topological polar surface area (TPSA) is 85.0 Å². The number of nitriles is 1. The second-order valence-corrected chi connectivity index (χ2v) is 6.20. The molecular formula is C22H15N3O3. The maximum absolute atomic E-state index is 12.7. The number of fused-ring (bicyclic) bond motifs is 2. The lowest BCUT2D eigenvalue weighted by molar-refractivity contribution is 0.0459. The number of rotatable bonds is 4. The van der Waals surface area contributed by atoms with Gasteiger partial charge in [0.05, 0.1) is 22.5 Å². The van der Waals surface area contributed by atoms with E-state index in [-0.39, 0.29) is 24.5 Å². The minimum Gasteiger partial charge on any atom is -0.454 e. The molecule has 0 unspecified atom stereocenters. The number of para-hydroxylation sites is 1. The zero-order valence-electron chi connectivity index (χ0n) is 14.8. The molecule has 0 fully saturated rings. The minimum atomic E-state index is -0.511. The van der Waals surface area contributed by atoms with Gasteiger partial charge in [0.2, 0.25) is 0 Å². The van der Waals surface area contributed by atoms with Crippen LogP contribution in [0, 0.1) is 11.3 Å². The molecule has 28 heavy (non-hydrogen) atoms. The first-order valence-corrected chi connectivity index (χ1v) is 8.69. The number of hydrogen-bond acceptors (Lipinski definition) is 5. The zero-order chi connectivity index (χ0) is 19.5. The van der Waals surface area contributed by atoms with Crippen LogP contribution in [0.25, 0.3) is 21.7 Å². The summed E-state index contributed by atoms with van der Waals surface area (Å²) in [6.45, 7) is -0.373. The Morgan fingerprint density at radius 3 is 2.54 bits per heavy atom. The van der Waals surface area contributed by atoms with Crippen LogP contribution in [-0.4, -0.2) is 15.5 Å². The van der Waals surface area contributed by atoms with Gasteiger partial charge in [-0.25, -0.2) is 9.78 Å². The molecule has 0 aliphatic rings. The third kappa shape index (κ3) is 3.10. The monoisotopic (exact) mass is 369 g/mol. The summed E-state index contributed by atoms with van der Waals surface area (Å²) in [5.74, 6) is -0.276. The predicted molar refractivity (Wildman–Crippen MR) is 105 cm³/mol. The van der Waals surface area contributed by atoms with E-state index in [1.165, 1.54) is 4.57 Å². The number of ether oxygens (including phenoxy) is 1. The molecule has 0 atom stereocenters. The molecule has 4 rings (SSSR count). The second-order valence-electron chi connectivity index (χ2n) is 6.20. The van der Waals surface area contributed by atoms with E-state index in [0.29, 0.717) is 16.5 Å². The molecule has 136 valence electrons. The molecule has 3 aromatic carbocycles. The molecule has 1 heterocycles. The first-order chi connectivity index (χ1) is 13.7. The highest BCUT2D eigenvalue weighted by atomic mass is 16.5. The van der Waals surface area contributed by atoms with Gasteiger partial charge < -0.3 is 4.74 Å². The molecule has 0 N–H and O–H groups in total. The fourth-order valence-electron chi connectivity index (χ4n) is 3.17. The lowest BCUT2D eigenvalue weighted by Gasteiger charge is -2.12. The number of benzene rings is 3. The van der Waals surface area contributed by atoms with Crippen LogP contribution in [0.3, 0.4) is 0 Å². The SMILES string of the molecule is N#CCn1c(COC(=O)c2cccc3ccccc23)nc2ccccc2c1=O. The maximum atomic E-state index is 12.7. The van der Waals surface area contributed by atoms with Gasteiger partial charge in [-0.05, 0) is 29.0 Å². The van der Waals surface area contributed by atoms with E-state index < -0.39 is 5.97 Å². The average molecular weight is 369 g/mol. The van der Waals surface area contributed by atoms with E-state index >= 15 is 0 Å². The van der Waals surface area contributed by atoms with Crippen LogP contribution in [0.4, 0.5) is 0 Å². The van der Waals surface area contributed by atoms with Gasteiger partial charge in [0.25, 0.3) is 5.56 Å². The Hall–Kier alpha value is -3.98. The Bertz CT molecular complexity index is 1300. The van der Waals surface area contributed by atoms with Crippen LogP contribution in [0.15, 0.2) is 71.5 Å². The quantitative estimate of drug-likeness (QED) is 0.515. The van der Waals surface area contributed by atoms with Gasteiger partial charge in [-0.1, -0.05) is 48.5 Å². The Labute approximate surface area is 160 Å². The summed E-state index contributed by atoms with van der Waals surface area (Å²) < 4.78 is 6.68. The van der Waals surface area contributed by atoms with Gasteiger partial charge in [-0.3, -0.25) is 9.36 Å². The molecule has 6 heteroatoms. The van der Waals surface area contributed by atoms with Crippen LogP contribution in [0.2, 0.25) is 0 Å². The van der Waals surface area contributed by atoms with Crippen molar-refractivity contribution in [1.82, 2.24) is 9.55 Å². The largest absolute Gasteiger partial charge is 0.454 e. The number of carbonyl (C=O) groups excluding carboxylic acids is 1. The normalized spacial score (nSPS) is 10.7.